The number of anilines is 2. The van der Waals surface area contributed by atoms with Crippen LogP contribution in [0.2, 0.25) is 5.02 Å². The fourth-order valence-corrected chi connectivity index (χ4v) is 3.45. The predicted octanol–water partition coefficient (Wildman–Crippen LogP) is 2.88. The van der Waals surface area contributed by atoms with Crippen LogP contribution in [0.4, 0.5) is 11.4 Å². The molecular formula is C11H9BrClN3O2S. The van der Waals surface area contributed by atoms with Gasteiger partial charge in [0.25, 0.3) is 10.0 Å². The van der Waals surface area contributed by atoms with Crippen LogP contribution in [0.1, 0.15) is 0 Å². The first kappa shape index (κ1) is 14.1. The van der Waals surface area contributed by atoms with Crippen LogP contribution in [0, 0.1) is 0 Å². The number of sulfonamides is 1. The van der Waals surface area contributed by atoms with Gasteiger partial charge in [0.15, 0.2) is 5.03 Å². The second-order valence-corrected chi connectivity index (χ2v) is 6.52. The number of rotatable bonds is 3. The van der Waals surface area contributed by atoms with Crippen LogP contribution < -0.4 is 10.5 Å². The molecule has 0 unspecified atom stereocenters. The molecule has 0 fully saturated rings. The Morgan fingerprint density at radius 3 is 2.68 bits per heavy atom. The summed E-state index contributed by atoms with van der Waals surface area (Å²) in [5, 5.41) is 0.282. The van der Waals surface area contributed by atoms with Gasteiger partial charge in [0, 0.05) is 15.7 Å². The Hall–Kier alpha value is -1.31. The Bertz CT molecular complexity index is 722. The summed E-state index contributed by atoms with van der Waals surface area (Å²) in [6.45, 7) is 0. The number of hydrogen-bond donors (Lipinski definition) is 2. The van der Waals surface area contributed by atoms with E-state index in [2.05, 4.69) is 25.6 Å². The van der Waals surface area contributed by atoms with Crippen molar-refractivity contribution < 1.29 is 8.42 Å². The summed E-state index contributed by atoms with van der Waals surface area (Å²) in [5.74, 6) is 0. The third-order valence-electron chi connectivity index (χ3n) is 2.23. The van der Waals surface area contributed by atoms with E-state index in [1.165, 1.54) is 12.3 Å². The van der Waals surface area contributed by atoms with E-state index in [0.717, 1.165) is 0 Å². The monoisotopic (exact) mass is 361 g/mol. The Morgan fingerprint density at radius 2 is 2.05 bits per heavy atom. The van der Waals surface area contributed by atoms with Gasteiger partial charge >= 0.3 is 0 Å². The summed E-state index contributed by atoms with van der Waals surface area (Å²) in [7, 11) is -3.84. The van der Waals surface area contributed by atoms with Gasteiger partial charge in [-0.15, -0.1) is 0 Å². The maximum atomic E-state index is 12.2. The minimum absolute atomic E-state index is 0.0834. The van der Waals surface area contributed by atoms with Crippen molar-refractivity contribution in [3.05, 3.63) is 46.0 Å². The van der Waals surface area contributed by atoms with Gasteiger partial charge < -0.3 is 5.73 Å². The van der Waals surface area contributed by atoms with Crippen LogP contribution in [0.5, 0.6) is 0 Å². The molecule has 1 heterocycles. The summed E-state index contributed by atoms with van der Waals surface area (Å²) < 4.78 is 27.2. The minimum Gasteiger partial charge on any atom is -0.396 e. The quantitative estimate of drug-likeness (QED) is 0.879. The van der Waals surface area contributed by atoms with E-state index in [9.17, 15) is 8.42 Å². The van der Waals surface area contributed by atoms with Gasteiger partial charge in [0.1, 0.15) is 0 Å². The van der Waals surface area contributed by atoms with Gasteiger partial charge in [0.2, 0.25) is 0 Å². The number of nitrogens with one attached hydrogen (secondary N) is 1. The summed E-state index contributed by atoms with van der Waals surface area (Å²) in [5.41, 5.74) is 6.05. The third kappa shape index (κ3) is 3.17. The van der Waals surface area contributed by atoms with Crippen LogP contribution >= 0.6 is 27.5 Å². The lowest BCUT2D eigenvalue weighted by Gasteiger charge is -2.10. The molecule has 0 spiro atoms. The smallest absolute Gasteiger partial charge is 0.281 e. The predicted molar refractivity (Wildman–Crippen MR) is 78.6 cm³/mol. The van der Waals surface area contributed by atoms with E-state index in [-0.39, 0.29) is 10.7 Å². The number of pyridine rings is 1. The van der Waals surface area contributed by atoms with Crippen molar-refractivity contribution in [2.75, 3.05) is 10.5 Å². The lowest BCUT2D eigenvalue weighted by molar-refractivity contribution is 0.598. The Labute approximate surface area is 124 Å². The van der Waals surface area contributed by atoms with Crippen LogP contribution in [-0.2, 0) is 10.0 Å². The molecule has 2 rings (SSSR count). The largest absolute Gasteiger partial charge is 0.396 e. The van der Waals surface area contributed by atoms with Crippen molar-refractivity contribution in [3.8, 4) is 0 Å². The van der Waals surface area contributed by atoms with E-state index in [1.54, 1.807) is 24.3 Å². The highest BCUT2D eigenvalue weighted by Gasteiger charge is 2.19. The minimum atomic E-state index is -3.84. The molecule has 1 aromatic carbocycles. The van der Waals surface area contributed by atoms with Crippen molar-refractivity contribution in [1.82, 2.24) is 4.98 Å². The van der Waals surface area contributed by atoms with Crippen molar-refractivity contribution in [1.29, 1.82) is 0 Å². The summed E-state index contributed by atoms with van der Waals surface area (Å²) in [6.07, 6.45) is 1.36. The molecule has 0 saturated heterocycles. The van der Waals surface area contributed by atoms with E-state index in [0.29, 0.717) is 15.2 Å². The van der Waals surface area contributed by atoms with Gasteiger partial charge in [-0.05, 0) is 46.3 Å². The second kappa shape index (κ2) is 5.36. The van der Waals surface area contributed by atoms with Gasteiger partial charge in [-0.3, -0.25) is 4.72 Å². The topological polar surface area (TPSA) is 85.1 Å². The molecule has 0 aliphatic heterocycles. The number of benzene rings is 1. The fraction of sp³-hybridized carbons (Fsp3) is 0. The van der Waals surface area contributed by atoms with Gasteiger partial charge in [-0.25, -0.2) is 4.98 Å². The molecule has 0 saturated carbocycles. The van der Waals surface area contributed by atoms with Gasteiger partial charge in [0.05, 0.1) is 11.4 Å². The van der Waals surface area contributed by atoms with Crippen LogP contribution in [-0.4, -0.2) is 13.4 Å². The number of nitrogens with zero attached hydrogens (tertiary/aromatic N) is 1. The van der Waals surface area contributed by atoms with Crippen molar-refractivity contribution in [3.63, 3.8) is 0 Å². The molecule has 8 heteroatoms. The number of aromatic nitrogens is 1. The number of nitrogen functional groups attached to an aromatic ring is 1. The molecule has 100 valence electrons. The summed E-state index contributed by atoms with van der Waals surface area (Å²) in [6, 6.07) is 7.74. The molecule has 19 heavy (non-hydrogen) atoms. The zero-order valence-electron chi connectivity index (χ0n) is 9.47. The number of nitrogens with two attached hydrogens (primary N) is 1. The van der Waals surface area contributed by atoms with E-state index >= 15 is 0 Å². The summed E-state index contributed by atoms with van der Waals surface area (Å²) in [4.78, 5) is 3.78. The average molecular weight is 363 g/mol. The molecule has 0 bridgehead atoms. The molecule has 0 aliphatic rings. The first-order valence-corrected chi connectivity index (χ1v) is 7.74. The molecule has 0 radical (unpaired) electrons. The Morgan fingerprint density at radius 1 is 1.32 bits per heavy atom. The highest BCUT2D eigenvalue weighted by atomic mass is 79.9. The average Bonchev–Trinajstić information content (AvgIpc) is 2.33. The molecule has 3 N–H and O–H groups in total. The zero-order valence-corrected chi connectivity index (χ0v) is 12.6. The highest BCUT2D eigenvalue weighted by molar-refractivity contribution is 9.10. The Kier molecular flexibility index (Phi) is 3.98. The Balaban J connectivity index is 2.40. The van der Waals surface area contributed by atoms with Crippen LogP contribution in [0.3, 0.4) is 0 Å². The van der Waals surface area contributed by atoms with Gasteiger partial charge in [-0.2, -0.15) is 8.42 Å². The maximum Gasteiger partial charge on any atom is 0.281 e. The fourth-order valence-electron chi connectivity index (χ4n) is 1.39. The second-order valence-electron chi connectivity index (χ2n) is 3.63. The number of halogens is 2. The SMILES string of the molecule is Nc1cccnc1S(=O)(=O)Nc1ccc(Cl)cc1Br. The molecule has 5 nitrogen and oxygen atoms in total. The lowest BCUT2D eigenvalue weighted by Crippen LogP contribution is -2.16. The first-order chi connectivity index (χ1) is 8.90. The van der Waals surface area contributed by atoms with E-state index in [4.69, 9.17) is 17.3 Å². The molecule has 1 aromatic heterocycles. The van der Waals surface area contributed by atoms with E-state index < -0.39 is 10.0 Å². The molecule has 0 aliphatic carbocycles. The first-order valence-electron chi connectivity index (χ1n) is 5.08. The molecule has 0 amide bonds. The molecule has 2 aromatic rings. The normalized spacial score (nSPS) is 11.3. The van der Waals surface area contributed by atoms with Crippen molar-refractivity contribution >= 4 is 48.9 Å². The van der Waals surface area contributed by atoms with Crippen LogP contribution in [0.15, 0.2) is 46.0 Å². The molecule has 0 atom stereocenters. The lowest BCUT2D eigenvalue weighted by atomic mass is 10.3. The highest BCUT2D eigenvalue weighted by Crippen LogP contribution is 2.28. The maximum absolute atomic E-state index is 12.2. The van der Waals surface area contributed by atoms with E-state index in [1.807, 2.05) is 0 Å². The standard InChI is InChI=1S/C11H9BrClN3O2S/c12-8-6-7(13)3-4-10(8)16-19(17,18)11-9(14)2-1-5-15-11/h1-6,16H,14H2. The zero-order chi connectivity index (χ0) is 14.0. The van der Waals surface area contributed by atoms with Crippen molar-refractivity contribution in [2.24, 2.45) is 0 Å². The molecular weight excluding hydrogens is 354 g/mol. The third-order valence-corrected chi connectivity index (χ3v) is 4.46. The van der Waals surface area contributed by atoms with Crippen molar-refractivity contribution in [2.45, 2.75) is 5.03 Å². The van der Waals surface area contributed by atoms with Gasteiger partial charge in [-0.1, -0.05) is 11.6 Å². The van der Waals surface area contributed by atoms with Crippen LogP contribution in [0.25, 0.3) is 0 Å². The summed E-state index contributed by atoms with van der Waals surface area (Å²) >= 11 is 9.02. The number of hydrogen-bond acceptors (Lipinski definition) is 4.